The molecule has 1 unspecified atom stereocenters. The van der Waals surface area contributed by atoms with Gasteiger partial charge in [-0.1, -0.05) is 28.9 Å². The molecule has 1 aromatic carbocycles. The molecule has 0 radical (unpaired) electrons. The van der Waals surface area contributed by atoms with Crippen LogP contribution in [0, 0.1) is 0 Å². The van der Waals surface area contributed by atoms with Gasteiger partial charge in [0.25, 0.3) is 0 Å². The summed E-state index contributed by atoms with van der Waals surface area (Å²) in [5.74, 6) is 1.63. The van der Waals surface area contributed by atoms with Gasteiger partial charge in [0, 0.05) is 13.6 Å². The minimum Gasteiger partial charge on any atom is -0.486 e. The van der Waals surface area contributed by atoms with Crippen molar-refractivity contribution in [3.63, 3.8) is 0 Å². The molecule has 1 amide bonds. The molecule has 4 nitrogen and oxygen atoms in total. The van der Waals surface area contributed by atoms with E-state index in [9.17, 15) is 4.79 Å². The summed E-state index contributed by atoms with van der Waals surface area (Å²) >= 11 is 3.38. The summed E-state index contributed by atoms with van der Waals surface area (Å²) in [6.45, 7) is 3.71. The number of benzene rings is 1. The maximum absolute atomic E-state index is 12.0. The van der Waals surface area contributed by atoms with Gasteiger partial charge in [-0.25, -0.2) is 0 Å². The van der Waals surface area contributed by atoms with Gasteiger partial charge >= 0.3 is 0 Å². The van der Waals surface area contributed by atoms with Crippen molar-refractivity contribution in [2.75, 3.05) is 20.3 Å². The zero-order valence-corrected chi connectivity index (χ0v) is 12.8. The molecule has 2 rings (SSSR count). The molecular formula is C14H18BrNO3. The summed E-state index contributed by atoms with van der Waals surface area (Å²) in [6.07, 6.45) is 0.782. The Balaban J connectivity index is 2.05. The van der Waals surface area contributed by atoms with Gasteiger partial charge < -0.3 is 14.4 Å². The van der Waals surface area contributed by atoms with Crippen LogP contribution in [0.25, 0.3) is 0 Å². The Labute approximate surface area is 121 Å². The Morgan fingerprint density at radius 1 is 1.37 bits per heavy atom. The molecule has 19 heavy (non-hydrogen) atoms. The quantitative estimate of drug-likeness (QED) is 0.798. The van der Waals surface area contributed by atoms with Gasteiger partial charge in [0.05, 0.1) is 4.83 Å². The van der Waals surface area contributed by atoms with Crippen LogP contribution in [0.4, 0.5) is 0 Å². The van der Waals surface area contributed by atoms with E-state index in [1.165, 1.54) is 0 Å². The van der Waals surface area contributed by atoms with Crippen molar-refractivity contribution in [2.45, 2.75) is 24.7 Å². The maximum Gasteiger partial charge on any atom is 0.236 e. The Bertz CT molecular complexity index is 464. The summed E-state index contributed by atoms with van der Waals surface area (Å²) in [4.78, 5) is 13.6. The molecular weight excluding hydrogens is 310 g/mol. The van der Waals surface area contributed by atoms with E-state index in [2.05, 4.69) is 15.9 Å². The fraction of sp³-hybridized carbons (Fsp3) is 0.500. The number of rotatable bonds is 4. The van der Waals surface area contributed by atoms with Crippen molar-refractivity contribution in [3.05, 3.63) is 23.8 Å². The second-order valence-electron chi connectivity index (χ2n) is 4.55. The maximum atomic E-state index is 12.0. The first-order chi connectivity index (χ1) is 9.11. The van der Waals surface area contributed by atoms with Crippen molar-refractivity contribution < 1.29 is 14.3 Å². The van der Waals surface area contributed by atoms with Gasteiger partial charge in [0.15, 0.2) is 11.5 Å². The first kappa shape index (κ1) is 14.2. The Hall–Kier alpha value is -1.23. The first-order valence-corrected chi connectivity index (χ1v) is 7.31. The average molecular weight is 328 g/mol. The lowest BCUT2D eigenvalue weighted by Crippen LogP contribution is -2.32. The number of nitrogens with zero attached hydrogens (tertiary/aromatic N) is 1. The van der Waals surface area contributed by atoms with Crippen molar-refractivity contribution in [2.24, 2.45) is 0 Å². The van der Waals surface area contributed by atoms with Gasteiger partial charge in [-0.2, -0.15) is 0 Å². The molecule has 0 saturated heterocycles. The predicted molar refractivity (Wildman–Crippen MR) is 76.9 cm³/mol. The molecule has 5 heteroatoms. The van der Waals surface area contributed by atoms with Crippen molar-refractivity contribution >= 4 is 21.8 Å². The van der Waals surface area contributed by atoms with E-state index in [4.69, 9.17) is 9.47 Å². The lowest BCUT2D eigenvalue weighted by Gasteiger charge is -2.22. The van der Waals surface area contributed by atoms with Gasteiger partial charge in [-0.15, -0.1) is 0 Å². The van der Waals surface area contributed by atoms with Gasteiger partial charge in [-0.3, -0.25) is 4.79 Å². The minimum atomic E-state index is -0.116. The van der Waals surface area contributed by atoms with E-state index in [0.29, 0.717) is 19.8 Å². The van der Waals surface area contributed by atoms with Crippen LogP contribution in [0.1, 0.15) is 18.9 Å². The lowest BCUT2D eigenvalue weighted by atomic mass is 10.1. The van der Waals surface area contributed by atoms with Crippen molar-refractivity contribution in [1.29, 1.82) is 0 Å². The zero-order valence-electron chi connectivity index (χ0n) is 11.2. The second-order valence-corrected chi connectivity index (χ2v) is 5.65. The van der Waals surface area contributed by atoms with E-state index in [1.54, 1.807) is 4.90 Å². The minimum absolute atomic E-state index is 0.0948. The van der Waals surface area contributed by atoms with E-state index < -0.39 is 0 Å². The number of amides is 1. The number of hydrogen-bond donors (Lipinski definition) is 0. The van der Waals surface area contributed by atoms with Crippen LogP contribution in [0.5, 0.6) is 11.5 Å². The van der Waals surface area contributed by atoms with E-state index >= 15 is 0 Å². The molecule has 0 fully saturated rings. The summed E-state index contributed by atoms with van der Waals surface area (Å²) in [6, 6.07) is 5.80. The fourth-order valence-electron chi connectivity index (χ4n) is 1.95. The number of alkyl halides is 1. The van der Waals surface area contributed by atoms with Gasteiger partial charge in [0.2, 0.25) is 5.91 Å². The first-order valence-electron chi connectivity index (χ1n) is 6.39. The smallest absolute Gasteiger partial charge is 0.236 e. The molecule has 1 aliphatic heterocycles. The monoisotopic (exact) mass is 327 g/mol. The van der Waals surface area contributed by atoms with Crippen molar-refractivity contribution in [1.82, 2.24) is 4.90 Å². The number of ether oxygens (including phenoxy) is 2. The summed E-state index contributed by atoms with van der Waals surface area (Å²) in [5, 5.41) is 0. The van der Waals surface area contributed by atoms with Crippen molar-refractivity contribution in [3.8, 4) is 11.5 Å². The SMILES string of the molecule is CCC(Br)C(=O)N(C)Cc1ccc2c(c1)OCCO2. The molecule has 0 aromatic heterocycles. The van der Waals surface area contributed by atoms with Crippen LogP contribution in [-0.2, 0) is 11.3 Å². The summed E-state index contributed by atoms with van der Waals surface area (Å²) < 4.78 is 11.0. The molecule has 0 spiro atoms. The van der Waals surface area contributed by atoms with E-state index in [0.717, 1.165) is 23.5 Å². The highest BCUT2D eigenvalue weighted by Gasteiger charge is 2.18. The Morgan fingerprint density at radius 2 is 2.05 bits per heavy atom. The second kappa shape index (κ2) is 6.28. The normalized spacial score (nSPS) is 14.9. The predicted octanol–water partition coefficient (Wildman–Crippen LogP) is 2.59. The van der Waals surface area contributed by atoms with Crippen LogP contribution in [0.15, 0.2) is 18.2 Å². The van der Waals surface area contributed by atoms with E-state index in [1.807, 2.05) is 32.2 Å². The van der Waals surface area contributed by atoms with Crippen LogP contribution < -0.4 is 9.47 Å². The largest absolute Gasteiger partial charge is 0.486 e. The number of carbonyl (C=O) groups excluding carboxylic acids is 1. The molecule has 0 bridgehead atoms. The topological polar surface area (TPSA) is 38.8 Å². The highest BCUT2D eigenvalue weighted by Crippen LogP contribution is 2.31. The molecule has 104 valence electrons. The molecule has 0 aliphatic carbocycles. The Kier molecular flexibility index (Phi) is 4.69. The molecule has 1 aromatic rings. The third-order valence-electron chi connectivity index (χ3n) is 3.03. The number of hydrogen-bond acceptors (Lipinski definition) is 3. The molecule has 0 saturated carbocycles. The Morgan fingerprint density at radius 3 is 2.74 bits per heavy atom. The number of fused-ring (bicyclic) bond motifs is 1. The third-order valence-corrected chi connectivity index (χ3v) is 4.07. The summed E-state index contributed by atoms with van der Waals surface area (Å²) in [5.41, 5.74) is 1.04. The molecule has 1 atom stereocenters. The zero-order chi connectivity index (χ0) is 13.8. The molecule has 0 N–H and O–H groups in total. The molecule has 1 heterocycles. The van der Waals surface area contributed by atoms with Crippen LogP contribution in [-0.4, -0.2) is 35.9 Å². The van der Waals surface area contributed by atoms with Crippen LogP contribution in [0.2, 0.25) is 0 Å². The average Bonchev–Trinajstić information content (AvgIpc) is 2.45. The summed E-state index contributed by atoms with van der Waals surface area (Å²) in [7, 11) is 1.81. The van der Waals surface area contributed by atoms with E-state index in [-0.39, 0.29) is 10.7 Å². The number of carbonyl (C=O) groups is 1. The lowest BCUT2D eigenvalue weighted by molar-refractivity contribution is -0.129. The van der Waals surface area contributed by atoms with Crippen LogP contribution in [0.3, 0.4) is 0 Å². The number of halogens is 1. The standard InChI is InChI=1S/C14H18BrNO3/c1-3-11(15)14(17)16(2)9-10-4-5-12-13(8-10)19-7-6-18-12/h4-5,8,11H,3,6-7,9H2,1-2H3. The fourth-order valence-corrected chi connectivity index (χ4v) is 2.30. The van der Waals surface area contributed by atoms with Crippen LogP contribution >= 0.6 is 15.9 Å². The third kappa shape index (κ3) is 3.41. The highest BCUT2D eigenvalue weighted by molar-refractivity contribution is 9.10. The van der Waals surface area contributed by atoms with Gasteiger partial charge in [-0.05, 0) is 24.1 Å². The van der Waals surface area contributed by atoms with Gasteiger partial charge in [0.1, 0.15) is 13.2 Å². The molecule has 1 aliphatic rings. The highest BCUT2D eigenvalue weighted by atomic mass is 79.9.